The number of fused-ring (bicyclic) bond motifs is 1. The van der Waals surface area contributed by atoms with Crippen LogP contribution in [0.15, 0.2) is 53.4 Å². The molecule has 0 aromatic heterocycles. The maximum atomic E-state index is 13.0. The number of benzene rings is 2. The molecular formula is C17H15F3N2O4S. The summed E-state index contributed by atoms with van der Waals surface area (Å²) in [6.07, 6.45) is -5.66. The normalized spacial score (nSPS) is 17.0. The Morgan fingerprint density at radius 1 is 1.15 bits per heavy atom. The number of para-hydroxylation sites is 2. The number of carbonyl (C=O) groups is 1. The maximum absolute atomic E-state index is 13.0. The molecule has 10 heteroatoms. The summed E-state index contributed by atoms with van der Waals surface area (Å²) in [5.41, 5.74) is -0.746. The van der Waals surface area contributed by atoms with Crippen molar-refractivity contribution in [2.24, 2.45) is 0 Å². The lowest BCUT2D eigenvalue weighted by Gasteiger charge is -2.34. The Kier molecular flexibility index (Phi) is 4.77. The standard InChI is InChI=1S/C17H15F3N2O4S/c1-21-16(23)15-10-22(13-4-2-3-5-14(13)26-15)27(24,25)12-8-6-11(7-9-12)17(18,19)20/h2-9,15H,10H2,1H3,(H,21,23). The molecule has 0 saturated heterocycles. The second kappa shape index (κ2) is 6.76. The van der Waals surface area contributed by atoms with E-state index in [1.54, 1.807) is 12.1 Å². The zero-order valence-corrected chi connectivity index (χ0v) is 14.8. The van der Waals surface area contributed by atoms with Gasteiger partial charge < -0.3 is 10.1 Å². The molecule has 6 nitrogen and oxygen atoms in total. The Balaban J connectivity index is 2.03. The van der Waals surface area contributed by atoms with E-state index in [1.165, 1.54) is 19.2 Å². The summed E-state index contributed by atoms with van der Waals surface area (Å²) in [5.74, 6) is -0.329. The third-order valence-corrected chi connectivity index (χ3v) is 5.84. The molecule has 1 N–H and O–H groups in total. The lowest BCUT2D eigenvalue weighted by atomic mass is 10.2. The molecule has 144 valence electrons. The molecule has 1 unspecified atom stereocenters. The minimum Gasteiger partial charge on any atom is -0.476 e. The van der Waals surface area contributed by atoms with Gasteiger partial charge in [-0.1, -0.05) is 12.1 Å². The maximum Gasteiger partial charge on any atom is 0.416 e. The lowest BCUT2D eigenvalue weighted by molar-refractivity contribution is -0.137. The van der Waals surface area contributed by atoms with Gasteiger partial charge in [-0.2, -0.15) is 13.2 Å². The molecule has 1 heterocycles. The summed E-state index contributed by atoms with van der Waals surface area (Å²) in [6.45, 7) is -0.306. The van der Waals surface area contributed by atoms with Crippen molar-refractivity contribution in [3.63, 3.8) is 0 Å². The van der Waals surface area contributed by atoms with Crippen molar-refractivity contribution in [1.29, 1.82) is 0 Å². The minimum absolute atomic E-state index is 0.188. The molecular weight excluding hydrogens is 385 g/mol. The summed E-state index contributed by atoms with van der Waals surface area (Å²) in [4.78, 5) is 11.6. The van der Waals surface area contributed by atoms with E-state index in [0.717, 1.165) is 16.4 Å². The predicted octanol–water partition coefficient (Wildman–Crippen LogP) is 2.41. The number of likely N-dealkylation sites (N-methyl/N-ethyl adjacent to an activating group) is 1. The van der Waals surface area contributed by atoms with Gasteiger partial charge in [0.2, 0.25) is 0 Å². The van der Waals surface area contributed by atoms with Crippen molar-refractivity contribution < 1.29 is 31.1 Å². The number of hydrogen-bond donors (Lipinski definition) is 1. The summed E-state index contributed by atoms with van der Waals surface area (Å²) < 4.78 is 70.7. The number of rotatable bonds is 3. The van der Waals surface area contributed by atoms with E-state index in [0.29, 0.717) is 12.1 Å². The molecule has 2 aromatic rings. The highest BCUT2D eigenvalue weighted by atomic mass is 32.2. The van der Waals surface area contributed by atoms with Crippen LogP contribution in [0.25, 0.3) is 0 Å². The molecule has 0 fully saturated rings. The summed E-state index contributed by atoms with van der Waals surface area (Å²) in [6, 6.07) is 9.42. The van der Waals surface area contributed by atoms with Gasteiger partial charge in [-0.05, 0) is 36.4 Å². The van der Waals surface area contributed by atoms with Gasteiger partial charge in [-0.25, -0.2) is 8.42 Å². The number of amides is 1. The van der Waals surface area contributed by atoms with Crippen molar-refractivity contribution >= 4 is 21.6 Å². The van der Waals surface area contributed by atoms with Crippen LogP contribution in [0.2, 0.25) is 0 Å². The van der Waals surface area contributed by atoms with Gasteiger partial charge in [0.15, 0.2) is 6.10 Å². The minimum atomic E-state index is -4.57. The lowest BCUT2D eigenvalue weighted by Crippen LogP contribution is -2.50. The molecule has 1 amide bonds. The monoisotopic (exact) mass is 400 g/mol. The highest BCUT2D eigenvalue weighted by Crippen LogP contribution is 2.37. The van der Waals surface area contributed by atoms with Crippen molar-refractivity contribution in [1.82, 2.24) is 5.32 Å². The fourth-order valence-corrected chi connectivity index (χ4v) is 4.15. The highest BCUT2D eigenvalue weighted by Gasteiger charge is 2.37. The largest absolute Gasteiger partial charge is 0.476 e. The average molecular weight is 400 g/mol. The first-order chi connectivity index (χ1) is 12.6. The number of anilines is 1. The third-order valence-electron chi connectivity index (χ3n) is 4.04. The van der Waals surface area contributed by atoms with E-state index in [9.17, 15) is 26.4 Å². The van der Waals surface area contributed by atoms with Gasteiger partial charge in [-0.15, -0.1) is 0 Å². The molecule has 0 saturated carbocycles. The van der Waals surface area contributed by atoms with Crippen LogP contribution < -0.4 is 14.4 Å². The molecule has 0 aliphatic carbocycles. The van der Waals surface area contributed by atoms with Gasteiger partial charge in [0.25, 0.3) is 15.9 Å². The van der Waals surface area contributed by atoms with E-state index < -0.39 is 33.8 Å². The Bertz CT molecular complexity index is 959. The molecule has 0 spiro atoms. The number of hydrogen-bond acceptors (Lipinski definition) is 4. The average Bonchev–Trinajstić information content (AvgIpc) is 2.65. The Morgan fingerprint density at radius 3 is 2.37 bits per heavy atom. The van der Waals surface area contributed by atoms with Crippen LogP contribution in [0, 0.1) is 0 Å². The van der Waals surface area contributed by atoms with Crippen molar-refractivity contribution in [2.75, 3.05) is 17.9 Å². The van der Waals surface area contributed by atoms with E-state index in [-0.39, 0.29) is 22.9 Å². The predicted molar refractivity (Wildman–Crippen MR) is 90.9 cm³/mol. The van der Waals surface area contributed by atoms with E-state index >= 15 is 0 Å². The summed E-state index contributed by atoms with van der Waals surface area (Å²) in [5, 5.41) is 2.39. The van der Waals surface area contributed by atoms with Crippen molar-refractivity contribution in [3.8, 4) is 5.75 Å². The molecule has 2 aromatic carbocycles. The topological polar surface area (TPSA) is 75.7 Å². The SMILES string of the molecule is CNC(=O)C1CN(S(=O)(=O)c2ccc(C(F)(F)F)cc2)c2ccccc2O1. The molecule has 1 aliphatic heterocycles. The second-order valence-electron chi connectivity index (χ2n) is 5.75. The molecule has 0 bridgehead atoms. The number of carbonyl (C=O) groups excluding carboxylic acids is 1. The molecule has 27 heavy (non-hydrogen) atoms. The second-order valence-corrected chi connectivity index (χ2v) is 7.61. The van der Waals surface area contributed by atoms with Gasteiger partial charge in [0.05, 0.1) is 22.7 Å². The van der Waals surface area contributed by atoms with Crippen LogP contribution in [0.5, 0.6) is 5.75 Å². The number of alkyl halides is 3. The third kappa shape index (κ3) is 3.57. The number of nitrogens with zero attached hydrogens (tertiary/aromatic N) is 1. The first-order valence-corrected chi connectivity index (χ1v) is 9.26. The Morgan fingerprint density at radius 2 is 1.78 bits per heavy atom. The number of nitrogens with one attached hydrogen (secondary N) is 1. The van der Waals surface area contributed by atoms with Crippen LogP contribution in [0.4, 0.5) is 18.9 Å². The molecule has 3 rings (SSSR count). The zero-order chi connectivity index (χ0) is 19.8. The highest BCUT2D eigenvalue weighted by molar-refractivity contribution is 7.92. The molecule has 1 atom stereocenters. The fraction of sp³-hybridized carbons (Fsp3) is 0.235. The number of ether oxygens (including phenoxy) is 1. The zero-order valence-electron chi connectivity index (χ0n) is 14.0. The van der Waals surface area contributed by atoms with E-state index in [2.05, 4.69) is 5.32 Å². The van der Waals surface area contributed by atoms with Gasteiger partial charge in [0, 0.05) is 7.05 Å². The molecule has 0 radical (unpaired) electrons. The Hall–Kier alpha value is -2.75. The van der Waals surface area contributed by atoms with Crippen LogP contribution in [0.3, 0.4) is 0 Å². The fourth-order valence-electron chi connectivity index (χ4n) is 2.67. The quantitative estimate of drug-likeness (QED) is 0.859. The van der Waals surface area contributed by atoms with Crippen LogP contribution in [-0.4, -0.2) is 34.0 Å². The number of halogens is 3. The smallest absolute Gasteiger partial charge is 0.416 e. The van der Waals surface area contributed by atoms with E-state index in [1.807, 2.05) is 0 Å². The molecule has 1 aliphatic rings. The van der Waals surface area contributed by atoms with Gasteiger partial charge in [0.1, 0.15) is 5.75 Å². The van der Waals surface area contributed by atoms with Crippen LogP contribution in [-0.2, 0) is 21.0 Å². The van der Waals surface area contributed by atoms with Crippen LogP contribution in [0.1, 0.15) is 5.56 Å². The number of sulfonamides is 1. The van der Waals surface area contributed by atoms with Gasteiger partial charge in [-0.3, -0.25) is 9.10 Å². The van der Waals surface area contributed by atoms with Crippen molar-refractivity contribution in [2.45, 2.75) is 17.2 Å². The van der Waals surface area contributed by atoms with Crippen LogP contribution >= 0.6 is 0 Å². The summed E-state index contributed by atoms with van der Waals surface area (Å²) >= 11 is 0. The first kappa shape index (κ1) is 19.0. The van der Waals surface area contributed by atoms with Gasteiger partial charge >= 0.3 is 6.18 Å². The van der Waals surface area contributed by atoms with Crippen molar-refractivity contribution in [3.05, 3.63) is 54.1 Å². The van der Waals surface area contributed by atoms with E-state index in [4.69, 9.17) is 4.74 Å². The first-order valence-electron chi connectivity index (χ1n) is 7.82. The Labute approximate surface area is 153 Å². The summed E-state index contributed by atoms with van der Waals surface area (Å²) in [7, 11) is -2.82.